The molecule has 1 atom stereocenters. The Kier molecular flexibility index (Phi) is 7.49. The van der Waals surface area contributed by atoms with Gasteiger partial charge in [0.2, 0.25) is 5.91 Å². The number of amides is 4. The molecule has 0 unspecified atom stereocenters. The van der Waals surface area contributed by atoms with Crippen LogP contribution < -0.4 is 20.9 Å². The highest BCUT2D eigenvalue weighted by Crippen LogP contribution is 2.40. The lowest BCUT2D eigenvalue weighted by molar-refractivity contribution is -0.131. The van der Waals surface area contributed by atoms with Gasteiger partial charge in [-0.3, -0.25) is 14.5 Å². The maximum absolute atomic E-state index is 14.3. The smallest absolute Gasteiger partial charge is 0.319 e. The molecule has 0 saturated carbocycles. The Balaban J connectivity index is 2.26. The van der Waals surface area contributed by atoms with Crippen molar-refractivity contribution in [2.75, 3.05) is 23.4 Å². The van der Waals surface area contributed by atoms with E-state index in [9.17, 15) is 18.8 Å². The van der Waals surface area contributed by atoms with Crippen molar-refractivity contribution in [3.05, 3.63) is 52.3 Å². The number of carbonyl (C=O) groups excluding carboxylic acids is 3. The summed E-state index contributed by atoms with van der Waals surface area (Å²) in [5, 5.41) is 3.52. The van der Waals surface area contributed by atoms with Crippen LogP contribution in [0.1, 0.15) is 34.6 Å². The number of rotatable bonds is 4. The molecular formula is C25H30Cl2FN5O3. The molecule has 0 bridgehead atoms. The molecule has 1 heterocycles. The van der Waals surface area contributed by atoms with Gasteiger partial charge in [0.1, 0.15) is 17.4 Å². The zero-order valence-electron chi connectivity index (χ0n) is 21.0. The number of fused-ring (bicyclic) bond motifs is 1. The van der Waals surface area contributed by atoms with Gasteiger partial charge in [-0.05, 0) is 71.0 Å². The molecule has 0 radical (unpaired) electrons. The van der Waals surface area contributed by atoms with Gasteiger partial charge >= 0.3 is 6.03 Å². The minimum Gasteiger partial charge on any atom is -0.368 e. The summed E-state index contributed by atoms with van der Waals surface area (Å²) < 4.78 is 14.3. The molecule has 3 rings (SSSR count). The molecular weight excluding hydrogens is 508 g/mol. The fourth-order valence-corrected chi connectivity index (χ4v) is 4.62. The van der Waals surface area contributed by atoms with Crippen LogP contribution in [0.5, 0.6) is 0 Å². The van der Waals surface area contributed by atoms with Crippen LogP contribution in [0.2, 0.25) is 10.0 Å². The summed E-state index contributed by atoms with van der Waals surface area (Å²) in [7, 11) is 1.49. The highest BCUT2D eigenvalue weighted by molar-refractivity contribution is 6.35. The molecule has 0 fully saturated rings. The van der Waals surface area contributed by atoms with Crippen LogP contribution in [0.15, 0.2) is 36.4 Å². The quantitative estimate of drug-likeness (QED) is 0.590. The molecule has 3 N–H and O–H groups in total. The summed E-state index contributed by atoms with van der Waals surface area (Å²) >= 11 is 12.5. The topological polar surface area (TPSA) is 99.0 Å². The third-order valence-corrected chi connectivity index (χ3v) is 6.37. The number of carbonyl (C=O) groups is 3. The summed E-state index contributed by atoms with van der Waals surface area (Å²) in [5.74, 6) is -1.88. The number of halogens is 3. The number of nitrogens with one attached hydrogen (secondary N) is 1. The molecule has 194 valence electrons. The molecule has 0 saturated heterocycles. The summed E-state index contributed by atoms with van der Waals surface area (Å²) in [6.07, 6.45) is 0. The lowest BCUT2D eigenvalue weighted by Crippen LogP contribution is -2.67. The first-order valence-corrected chi connectivity index (χ1v) is 12.0. The number of nitrogens with two attached hydrogens (primary N) is 1. The fraction of sp³-hybridized carbons (Fsp3) is 0.400. The maximum Gasteiger partial charge on any atom is 0.319 e. The lowest BCUT2D eigenvalue weighted by Gasteiger charge is -2.43. The third-order valence-electron chi connectivity index (χ3n) is 5.94. The number of urea groups is 1. The van der Waals surface area contributed by atoms with Gasteiger partial charge in [0.05, 0.1) is 17.9 Å². The zero-order chi connectivity index (χ0) is 27.2. The molecule has 1 aliphatic heterocycles. The summed E-state index contributed by atoms with van der Waals surface area (Å²) in [4.78, 5) is 44.1. The Hall–Kier alpha value is -3.04. The van der Waals surface area contributed by atoms with Crippen molar-refractivity contribution in [3.8, 4) is 0 Å². The van der Waals surface area contributed by atoms with Gasteiger partial charge in [-0.2, -0.15) is 0 Å². The highest BCUT2D eigenvalue weighted by Gasteiger charge is 2.47. The largest absolute Gasteiger partial charge is 0.368 e. The number of anilines is 3. The van der Waals surface area contributed by atoms with Crippen molar-refractivity contribution in [2.45, 2.75) is 51.7 Å². The Morgan fingerprint density at radius 3 is 2.17 bits per heavy atom. The van der Waals surface area contributed by atoms with Crippen molar-refractivity contribution < 1.29 is 18.8 Å². The molecule has 0 spiro atoms. The molecule has 2 aromatic rings. The van der Waals surface area contributed by atoms with Crippen LogP contribution in [0.25, 0.3) is 0 Å². The molecule has 1 aliphatic rings. The van der Waals surface area contributed by atoms with Crippen molar-refractivity contribution in [1.82, 2.24) is 10.2 Å². The van der Waals surface area contributed by atoms with Gasteiger partial charge in [0.15, 0.2) is 0 Å². The second kappa shape index (κ2) is 9.78. The minimum absolute atomic E-state index is 0.0905. The third kappa shape index (κ3) is 5.52. The van der Waals surface area contributed by atoms with E-state index in [1.165, 1.54) is 44.0 Å². The zero-order valence-corrected chi connectivity index (χ0v) is 22.5. The van der Waals surface area contributed by atoms with E-state index in [2.05, 4.69) is 5.32 Å². The van der Waals surface area contributed by atoms with Crippen molar-refractivity contribution in [1.29, 1.82) is 0 Å². The van der Waals surface area contributed by atoms with Gasteiger partial charge in [0.25, 0.3) is 5.91 Å². The number of hydrogen-bond donors (Lipinski definition) is 2. The van der Waals surface area contributed by atoms with E-state index in [4.69, 9.17) is 28.9 Å². The first-order valence-electron chi connectivity index (χ1n) is 11.2. The van der Waals surface area contributed by atoms with E-state index >= 15 is 0 Å². The monoisotopic (exact) mass is 537 g/mol. The minimum atomic E-state index is -1.56. The van der Waals surface area contributed by atoms with Crippen LogP contribution in [0.3, 0.4) is 0 Å². The van der Waals surface area contributed by atoms with E-state index in [0.29, 0.717) is 21.4 Å². The van der Waals surface area contributed by atoms with E-state index in [-0.39, 0.29) is 12.2 Å². The number of benzene rings is 2. The van der Waals surface area contributed by atoms with Crippen molar-refractivity contribution >= 4 is 58.1 Å². The van der Waals surface area contributed by atoms with Crippen molar-refractivity contribution in [3.63, 3.8) is 0 Å². The SMILES string of the molecule is CN1C(=O)[C@H](N(C(=O)NC(C)(C)C)C(C)(C)C(N)=O)CN(c2cc(Cl)cc(Cl)c2)c2ccc(F)cc21. The molecule has 0 aromatic heterocycles. The summed E-state index contributed by atoms with van der Waals surface area (Å²) in [6.45, 7) is 8.19. The Bertz CT molecular complexity index is 1190. The molecule has 4 amide bonds. The first kappa shape index (κ1) is 27.5. The van der Waals surface area contributed by atoms with Crippen LogP contribution in [-0.2, 0) is 9.59 Å². The standard InChI is InChI=1S/C25H30Cl2FN5O3/c1-24(2,3)30-23(36)33(25(4,5)22(29)35)20-13-32(17-10-14(26)9-15(27)11-17)18-8-7-16(28)12-19(18)31(6)21(20)34/h7-12,20H,13H2,1-6H3,(H2,29,35)(H,30,36)/t20-/m1/s1. The molecule has 2 aromatic carbocycles. The van der Waals surface area contributed by atoms with E-state index < -0.39 is 40.8 Å². The predicted octanol–water partition coefficient (Wildman–Crippen LogP) is 4.69. The number of nitrogens with zero attached hydrogens (tertiary/aromatic N) is 3. The summed E-state index contributed by atoms with van der Waals surface area (Å²) in [5.41, 5.74) is 4.75. The predicted molar refractivity (Wildman–Crippen MR) is 140 cm³/mol. The van der Waals surface area contributed by atoms with Crippen LogP contribution in [0, 0.1) is 5.82 Å². The van der Waals surface area contributed by atoms with E-state index in [0.717, 1.165) is 4.90 Å². The Morgan fingerprint density at radius 1 is 1.06 bits per heavy atom. The maximum atomic E-state index is 14.3. The molecule has 36 heavy (non-hydrogen) atoms. The first-order chi connectivity index (χ1) is 16.5. The Labute approximate surface area is 220 Å². The highest BCUT2D eigenvalue weighted by atomic mass is 35.5. The summed E-state index contributed by atoms with van der Waals surface area (Å²) in [6, 6.07) is 7.03. The lowest BCUT2D eigenvalue weighted by atomic mass is 9.98. The van der Waals surface area contributed by atoms with Crippen LogP contribution in [-0.4, -0.2) is 53.5 Å². The van der Waals surface area contributed by atoms with Crippen LogP contribution in [0.4, 0.5) is 26.2 Å². The molecule has 8 nitrogen and oxygen atoms in total. The number of primary amides is 1. The van der Waals surface area contributed by atoms with Crippen molar-refractivity contribution in [2.24, 2.45) is 5.73 Å². The van der Waals surface area contributed by atoms with Gasteiger partial charge in [-0.25, -0.2) is 9.18 Å². The van der Waals surface area contributed by atoms with Gasteiger partial charge in [-0.15, -0.1) is 0 Å². The molecule has 11 heteroatoms. The normalized spacial score (nSPS) is 16.4. The van der Waals surface area contributed by atoms with Gasteiger partial charge in [0, 0.05) is 28.3 Å². The Morgan fingerprint density at radius 2 is 1.64 bits per heavy atom. The second-order valence-corrected chi connectivity index (χ2v) is 11.1. The number of hydrogen-bond acceptors (Lipinski definition) is 4. The van der Waals surface area contributed by atoms with E-state index in [1.54, 1.807) is 43.9 Å². The average molecular weight is 538 g/mol. The van der Waals surface area contributed by atoms with E-state index in [1.807, 2.05) is 0 Å². The molecule has 0 aliphatic carbocycles. The van der Waals surface area contributed by atoms with Gasteiger partial charge < -0.3 is 20.9 Å². The second-order valence-electron chi connectivity index (χ2n) is 10.3. The fourth-order valence-electron chi connectivity index (χ4n) is 4.10. The van der Waals surface area contributed by atoms with Crippen LogP contribution >= 0.6 is 23.2 Å². The number of likely N-dealkylation sites (N-methyl/N-ethyl adjacent to an activating group) is 1. The van der Waals surface area contributed by atoms with Gasteiger partial charge in [-0.1, -0.05) is 23.2 Å². The average Bonchev–Trinajstić information content (AvgIpc) is 2.82.